The third-order valence-corrected chi connectivity index (χ3v) is 4.56. The van der Waals surface area contributed by atoms with E-state index in [-0.39, 0.29) is 11.8 Å². The molecule has 1 aromatic carbocycles. The molecule has 3 rings (SSSR count). The molecule has 1 aliphatic rings. The van der Waals surface area contributed by atoms with E-state index in [0.717, 1.165) is 17.1 Å². The van der Waals surface area contributed by atoms with Crippen molar-refractivity contribution in [3.05, 3.63) is 47.7 Å². The lowest BCUT2D eigenvalue weighted by atomic mass is 10.1. The Labute approximate surface area is 148 Å². The highest BCUT2D eigenvalue weighted by molar-refractivity contribution is 6.00. The molecule has 132 valence electrons. The lowest BCUT2D eigenvalue weighted by Crippen LogP contribution is -2.52. The molecule has 0 aliphatic carbocycles. The number of aryl methyl sites for hydroxylation is 2. The number of anilines is 1. The van der Waals surface area contributed by atoms with Crippen molar-refractivity contribution in [1.82, 2.24) is 14.7 Å². The first-order valence-electron chi connectivity index (χ1n) is 8.66. The molecule has 1 atom stereocenters. The lowest BCUT2D eigenvalue weighted by molar-refractivity contribution is -0.134. The summed E-state index contributed by atoms with van der Waals surface area (Å²) < 4.78 is 1.82. The summed E-state index contributed by atoms with van der Waals surface area (Å²) in [6, 6.07) is 11.2. The summed E-state index contributed by atoms with van der Waals surface area (Å²) in [4.78, 5) is 28.9. The van der Waals surface area contributed by atoms with E-state index < -0.39 is 6.04 Å². The van der Waals surface area contributed by atoms with Crippen LogP contribution in [0.15, 0.2) is 36.4 Å². The predicted molar refractivity (Wildman–Crippen MR) is 96.1 cm³/mol. The molecule has 2 heterocycles. The number of aromatic nitrogens is 2. The smallest absolute Gasteiger partial charge is 0.245 e. The van der Waals surface area contributed by atoms with Crippen molar-refractivity contribution < 1.29 is 9.59 Å². The van der Waals surface area contributed by atoms with E-state index in [1.54, 1.807) is 16.8 Å². The van der Waals surface area contributed by atoms with Crippen molar-refractivity contribution in [2.75, 3.05) is 11.9 Å². The molecule has 25 heavy (non-hydrogen) atoms. The second kappa shape index (κ2) is 7.09. The molecule has 0 saturated heterocycles. The maximum atomic E-state index is 13.0. The highest BCUT2D eigenvalue weighted by atomic mass is 16.2. The zero-order valence-corrected chi connectivity index (χ0v) is 15.0. The Balaban J connectivity index is 1.83. The molecule has 0 bridgehead atoms. The summed E-state index contributed by atoms with van der Waals surface area (Å²) in [5.41, 5.74) is 1.92. The fourth-order valence-corrected chi connectivity index (χ4v) is 3.33. The van der Waals surface area contributed by atoms with Crippen LogP contribution in [-0.4, -0.2) is 39.6 Å². The number of rotatable bonds is 5. The van der Waals surface area contributed by atoms with Gasteiger partial charge in [0.2, 0.25) is 11.8 Å². The fraction of sp³-hybridized carbons (Fsp3) is 0.421. The Morgan fingerprint density at radius 3 is 2.72 bits per heavy atom. The molecule has 2 amide bonds. The largest absolute Gasteiger partial charge is 0.340 e. The first-order valence-corrected chi connectivity index (χ1v) is 8.66. The van der Waals surface area contributed by atoms with Crippen molar-refractivity contribution >= 4 is 17.6 Å². The monoisotopic (exact) mass is 340 g/mol. The maximum absolute atomic E-state index is 13.0. The number of carbonyl (C=O) groups excluding carboxylic acids is 2. The van der Waals surface area contributed by atoms with Crippen LogP contribution in [0, 0.1) is 6.92 Å². The van der Waals surface area contributed by atoms with Gasteiger partial charge in [-0.05, 0) is 18.9 Å². The lowest BCUT2D eigenvalue weighted by Gasteiger charge is -2.35. The van der Waals surface area contributed by atoms with E-state index >= 15 is 0 Å². The van der Waals surface area contributed by atoms with Crippen LogP contribution in [0.1, 0.15) is 31.0 Å². The Kier molecular flexibility index (Phi) is 4.88. The van der Waals surface area contributed by atoms with Crippen molar-refractivity contribution in [3.63, 3.8) is 0 Å². The molecule has 0 saturated carbocycles. The zero-order valence-electron chi connectivity index (χ0n) is 15.0. The van der Waals surface area contributed by atoms with Crippen LogP contribution in [-0.2, 0) is 22.7 Å². The van der Waals surface area contributed by atoms with E-state index in [2.05, 4.69) is 5.10 Å². The summed E-state index contributed by atoms with van der Waals surface area (Å²) >= 11 is 0. The van der Waals surface area contributed by atoms with Crippen molar-refractivity contribution in [2.45, 2.75) is 45.8 Å². The van der Waals surface area contributed by atoms with Gasteiger partial charge in [-0.25, -0.2) is 4.68 Å². The summed E-state index contributed by atoms with van der Waals surface area (Å²) in [6.45, 7) is 4.94. The van der Waals surface area contributed by atoms with Gasteiger partial charge in [0.05, 0.1) is 12.2 Å². The van der Waals surface area contributed by atoms with E-state index in [1.165, 1.54) is 0 Å². The fourth-order valence-electron chi connectivity index (χ4n) is 3.33. The van der Waals surface area contributed by atoms with Crippen LogP contribution in [0.2, 0.25) is 0 Å². The minimum atomic E-state index is -0.503. The summed E-state index contributed by atoms with van der Waals surface area (Å²) in [5.74, 6) is 0.662. The molecule has 2 aromatic rings. The molecule has 0 unspecified atom stereocenters. The normalized spacial score (nSPS) is 15.0. The molecular formula is C19H24N4O2. The third kappa shape index (κ3) is 3.43. The van der Waals surface area contributed by atoms with Crippen molar-refractivity contribution in [2.24, 2.45) is 0 Å². The number of likely N-dealkylation sites (N-methyl/N-ethyl adjacent to an activating group) is 1. The Hall–Kier alpha value is -2.63. The van der Waals surface area contributed by atoms with Crippen LogP contribution in [0.5, 0.6) is 0 Å². The maximum Gasteiger partial charge on any atom is 0.245 e. The van der Waals surface area contributed by atoms with Crippen molar-refractivity contribution in [1.29, 1.82) is 0 Å². The first kappa shape index (κ1) is 17.2. The van der Waals surface area contributed by atoms with E-state index in [1.807, 2.05) is 54.9 Å². The molecule has 1 aliphatic heterocycles. The highest BCUT2D eigenvalue weighted by Gasteiger charge is 2.36. The van der Waals surface area contributed by atoms with Crippen LogP contribution < -0.4 is 4.90 Å². The predicted octanol–water partition coefficient (Wildman–Crippen LogP) is 2.37. The summed E-state index contributed by atoms with van der Waals surface area (Å²) in [7, 11) is 1.79. The van der Waals surface area contributed by atoms with E-state index in [0.29, 0.717) is 25.9 Å². The molecule has 0 N–H and O–H groups in total. The van der Waals surface area contributed by atoms with Gasteiger partial charge < -0.3 is 4.90 Å². The van der Waals surface area contributed by atoms with Gasteiger partial charge in [0.25, 0.3) is 0 Å². The van der Waals surface area contributed by atoms with Gasteiger partial charge in [0.15, 0.2) is 0 Å². The summed E-state index contributed by atoms with van der Waals surface area (Å²) in [5, 5.41) is 4.42. The topological polar surface area (TPSA) is 58.4 Å². The standard InChI is InChI=1S/C19H24N4O2/c1-4-16(19(25)21(3)13-15-8-6-5-7-9-15)23-17-12-14(2)20-22(17)11-10-18(23)24/h5-9,12,16H,4,10-11,13H2,1-3H3/t16-/m0/s1. The molecule has 0 radical (unpaired) electrons. The average molecular weight is 340 g/mol. The Morgan fingerprint density at radius 2 is 2.04 bits per heavy atom. The molecule has 0 fully saturated rings. The van der Waals surface area contributed by atoms with E-state index in [9.17, 15) is 9.59 Å². The molecule has 6 nitrogen and oxygen atoms in total. The van der Waals surface area contributed by atoms with Gasteiger partial charge in [-0.1, -0.05) is 37.3 Å². The SMILES string of the molecule is CC[C@@H](C(=O)N(C)Cc1ccccc1)N1C(=O)CCn2nc(C)cc21. The molecule has 6 heteroatoms. The quantitative estimate of drug-likeness (QED) is 0.839. The second-order valence-electron chi connectivity index (χ2n) is 6.48. The zero-order chi connectivity index (χ0) is 18.0. The highest BCUT2D eigenvalue weighted by Crippen LogP contribution is 2.26. The van der Waals surface area contributed by atoms with Gasteiger partial charge in [-0.3, -0.25) is 14.5 Å². The number of amides is 2. The van der Waals surface area contributed by atoms with Crippen LogP contribution in [0.25, 0.3) is 0 Å². The Morgan fingerprint density at radius 1 is 1.32 bits per heavy atom. The van der Waals surface area contributed by atoms with Gasteiger partial charge in [-0.2, -0.15) is 5.10 Å². The van der Waals surface area contributed by atoms with Gasteiger partial charge in [-0.15, -0.1) is 0 Å². The molecular weight excluding hydrogens is 316 g/mol. The van der Waals surface area contributed by atoms with Crippen LogP contribution in [0.3, 0.4) is 0 Å². The van der Waals surface area contributed by atoms with Crippen molar-refractivity contribution in [3.8, 4) is 0 Å². The van der Waals surface area contributed by atoms with Gasteiger partial charge in [0, 0.05) is 26.1 Å². The number of fused-ring (bicyclic) bond motifs is 1. The third-order valence-electron chi connectivity index (χ3n) is 4.56. The second-order valence-corrected chi connectivity index (χ2v) is 6.48. The average Bonchev–Trinajstić information content (AvgIpc) is 2.98. The number of hydrogen-bond donors (Lipinski definition) is 0. The summed E-state index contributed by atoms with van der Waals surface area (Å²) in [6.07, 6.45) is 0.939. The molecule has 0 spiro atoms. The minimum absolute atomic E-state index is 0.0132. The van der Waals surface area contributed by atoms with Crippen LogP contribution in [0.4, 0.5) is 5.82 Å². The first-order chi connectivity index (χ1) is 12.0. The van der Waals surface area contributed by atoms with E-state index in [4.69, 9.17) is 0 Å². The Bertz CT molecular complexity index is 769. The number of hydrogen-bond acceptors (Lipinski definition) is 3. The van der Waals surface area contributed by atoms with Crippen LogP contribution >= 0.6 is 0 Å². The number of nitrogens with zero attached hydrogens (tertiary/aromatic N) is 4. The van der Waals surface area contributed by atoms with Gasteiger partial charge in [0.1, 0.15) is 11.9 Å². The molecule has 1 aromatic heterocycles. The van der Waals surface area contributed by atoms with Gasteiger partial charge >= 0.3 is 0 Å². The number of benzene rings is 1. The minimum Gasteiger partial charge on any atom is -0.340 e. The number of carbonyl (C=O) groups is 2.